The Hall–Kier alpha value is -1.72. The standard InChI is InChI=1S/C18H31N3O3/c1-14(15-7-5-6-8-15)13-19-16(22)20-9-11-21(12-10-20)17(23)24-18(2,3)4/h13,15H,5-12H2,1-4H3,(H,19,22)/b14-13+. The summed E-state index contributed by atoms with van der Waals surface area (Å²) in [5, 5.41) is 2.90. The first kappa shape index (κ1) is 18.6. The van der Waals surface area contributed by atoms with Crippen molar-refractivity contribution in [3.63, 3.8) is 0 Å². The van der Waals surface area contributed by atoms with Gasteiger partial charge >= 0.3 is 12.1 Å². The van der Waals surface area contributed by atoms with Crippen LogP contribution in [-0.2, 0) is 4.74 Å². The predicted molar refractivity (Wildman–Crippen MR) is 93.6 cm³/mol. The Morgan fingerprint density at radius 3 is 2.12 bits per heavy atom. The lowest BCUT2D eigenvalue weighted by molar-refractivity contribution is 0.0171. The van der Waals surface area contributed by atoms with Gasteiger partial charge in [-0.2, -0.15) is 0 Å². The summed E-state index contributed by atoms with van der Waals surface area (Å²) in [6, 6.07) is -0.0869. The van der Waals surface area contributed by atoms with Gasteiger partial charge in [-0.15, -0.1) is 0 Å². The lowest BCUT2D eigenvalue weighted by atomic mass is 10.0. The summed E-state index contributed by atoms with van der Waals surface area (Å²) in [6.45, 7) is 9.73. The highest BCUT2D eigenvalue weighted by atomic mass is 16.6. The molecule has 1 saturated heterocycles. The van der Waals surface area contributed by atoms with E-state index in [0.717, 1.165) is 0 Å². The van der Waals surface area contributed by atoms with Crippen LogP contribution in [0.5, 0.6) is 0 Å². The zero-order chi connectivity index (χ0) is 17.7. The van der Waals surface area contributed by atoms with Crippen LogP contribution in [0.3, 0.4) is 0 Å². The monoisotopic (exact) mass is 337 g/mol. The summed E-state index contributed by atoms with van der Waals surface area (Å²) in [4.78, 5) is 27.7. The fourth-order valence-electron chi connectivity index (χ4n) is 3.18. The number of allylic oxidation sites excluding steroid dienone is 1. The van der Waals surface area contributed by atoms with E-state index in [9.17, 15) is 9.59 Å². The first-order valence-electron chi connectivity index (χ1n) is 8.96. The van der Waals surface area contributed by atoms with Crippen LogP contribution in [0.15, 0.2) is 11.8 Å². The molecule has 136 valence electrons. The second kappa shape index (κ2) is 7.90. The predicted octanol–water partition coefficient (Wildman–Crippen LogP) is 3.34. The number of hydrogen-bond donors (Lipinski definition) is 1. The molecule has 1 saturated carbocycles. The maximum Gasteiger partial charge on any atom is 0.410 e. The smallest absolute Gasteiger partial charge is 0.410 e. The van der Waals surface area contributed by atoms with Crippen molar-refractivity contribution >= 4 is 12.1 Å². The van der Waals surface area contributed by atoms with Gasteiger partial charge in [0.25, 0.3) is 0 Å². The number of amides is 3. The van der Waals surface area contributed by atoms with Crippen molar-refractivity contribution in [1.82, 2.24) is 15.1 Å². The number of nitrogens with one attached hydrogen (secondary N) is 1. The molecule has 0 aromatic carbocycles. The second-order valence-electron chi connectivity index (χ2n) is 7.77. The van der Waals surface area contributed by atoms with Crippen molar-refractivity contribution in [1.29, 1.82) is 0 Å². The van der Waals surface area contributed by atoms with Gasteiger partial charge in [-0.25, -0.2) is 9.59 Å². The van der Waals surface area contributed by atoms with Gasteiger partial charge in [0.2, 0.25) is 0 Å². The highest BCUT2D eigenvalue weighted by Crippen LogP contribution is 2.30. The van der Waals surface area contributed by atoms with Crippen LogP contribution >= 0.6 is 0 Å². The van der Waals surface area contributed by atoms with Crippen LogP contribution < -0.4 is 5.32 Å². The Bertz CT molecular complexity index is 482. The number of urea groups is 1. The first-order valence-corrected chi connectivity index (χ1v) is 8.96. The molecule has 0 radical (unpaired) electrons. The van der Waals surface area contributed by atoms with Gasteiger partial charge in [-0.3, -0.25) is 0 Å². The summed E-state index contributed by atoms with van der Waals surface area (Å²) < 4.78 is 5.37. The number of carbonyl (C=O) groups excluding carboxylic acids is 2. The molecule has 1 aliphatic heterocycles. The zero-order valence-electron chi connectivity index (χ0n) is 15.4. The molecule has 6 nitrogen and oxygen atoms in total. The minimum Gasteiger partial charge on any atom is -0.444 e. The Kier molecular flexibility index (Phi) is 6.13. The zero-order valence-corrected chi connectivity index (χ0v) is 15.4. The van der Waals surface area contributed by atoms with E-state index in [2.05, 4.69) is 12.2 Å². The van der Waals surface area contributed by atoms with E-state index in [1.165, 1.54) is 31.3 Å². The van der Waals surface area contributed by atoms with Crippen LogP contribution in [0.1, 0.15) is 53.4 Å². The maximum absolute atomic E-state index is 12.3. The highest BCUT2D eigenvalue weighted by molar-refractivity contribution is 5.76. The maximum atomic E-state index is 12.3. The molecule has 1 N–H and O–H groups in total. The number of ether oxygens (including phenoxy) is 1. The third kappa shape index (κ3) is 5.42. The molecule has 0 aromatic heterocycles. The van der Waals surface area contributed by atoms with Crippen molar-refractivity contribution in [2.24, 2.45) is 5.92 Å². The van der Waals surface area contributed by atoms with Gasteiger partial charge in [0.15, 0.2) is 0 Å². The van der Waals surface area contributed by atoms with E-state index >= 15 is 0 Å². The molecule has 0 bridgehead atoms. The average molecular weight is 337 g/mol. The minimum atomic E-state index is -0.492. The van der Waals surface area contributed by atoms with Crippen molar-refractivity contribution in [3.8, 4) is 0 Å². The van der Waals surface area contributed by atoms with E-state index in [4.69, 9.17) is 4.74 Å². The Labute approximate surface area is 145 Å². The van der Waals surface area contributed by atoms with E-state index < -0.39 is 5.60 Å². The fraction of sp³-hybridized carbons (Fsp3) is 0.778. The summed E-state index contributed by atoms with van der Waals surface area (Å²) in [5.74, 6) is 0.620. The molecule has 2 rings (SSSR count). The lowest BCUT2D eigenvalue weighted by Gasteiger charge is -2.35. The first-order chi connectivity index (χ1) is 11.3. The average Bonchev–Trinajstić information content (AvgIpc) is 3.05. The quantitative estimate of drug-likeness (QED) is 0.840. The molecule has 0 aromatic rings. The number of hydrogen-bond acceptors (Lipinski definition) is 3. The summed E-state index contributed by atoms with van der Waals surface area (Å²) >= 11 is 0. The van der Waals surface area contributed by atoms with Crippen molar-refractivity contribution in [2.45, 2.75) is 59.0 Å². The largest absolute Gasteiger partial charge is 0.444 e. The van der Waals surface area contributed by atoms with Gasteiger partial charge < -0.3 is 19.9 Å². The van der Waals surface area contributed by atoms with Crippen LogP contribution in [0, 0.1) is 5.92 Å². The van der Waals surface area contributed by atoms with Crippen LogP contribution in [0.2, 0.25) is 0 Å². The summed E-state index contributed by atoms with van der Waals surface area (Å²) in [5.41, 5.74) is 0.766. The van der Waals surface area contributed by atoms with Gasteiger partial charge in [0, 0.05) is 32.4 Å². The number of nitrogens with zero attached hydrogens (tertiary/aromatic N) is 2. The summed E-state index contributed by atoms with van der Waals surface area (Å²) in [7, 11) is 0. The molecular weight excluding hydrogens is 306 g/mol. The molecule has 1 aliphatic carbocycles. The van der Waals surface area contributed by atoms with E-state index in [0.29, 0.717) is 32.1 Å². The van der Waals surface area contributed by atoms with Crippen molar-refractivity contribution in [3.05, 3.63) is 11.8 Å². The Morgan fingerprint density at radius 1 is 1.04 bits per heavy atom. The second-order valence-corrected chi connectivity index (χ2v) is 7.77. The third-order valence-electron chi connectivity index (χ3n) is 4.64. The van der Waals surface area contributed by atoms with Gasteiger partial charge in [-0.05, 0) is 46.5 Å². The molecule has 0 unspecified atom stereocenters. The molecule has 2 aliphatic rings. The number of carbonyl (C=O) groups is 2. The van der Waals surface area contributed by atoms with Crippen LogP contribution in [0.4, 0.5) is 9.59 Å². The van der Waals surface area contributed by atoms with Crippen LogP contribution in [0.25, 0.3) is 0 Å². The van der Waals surface area contributed by atoms with E-state index in [1.54, 1.807) is 9.80 Å². The Balaban J connectivity index is 1.76. The molecular formula is C18H31N3O3. The molecule has 3 amide bonds. The van der Waals surface area contributed by atoms with Gasteiger partial charge in [0.05, 0.1) is 0 Å². The van der Waals surface area contributed by atoms with Crippen LogP contribution in [-0.4, -0.2) is 53.7 Å². The lowest BCUT2D eigenvalue weighted by Crippen LogP contribution is -2.53. The minimum absolute atomic E-state index is 0.0869. The summed E-state index contributed by atoms with van der Waals surface area (Å²) in [6.07, 6.45) is 6.59. The molecule has 1 heterocycles. The molecule has 2 fully saturated rings. The highest BCUT2D eigenvalue weighted by Gasteiger charge is 2.27. The van der Waals surface area contributed by atoms with Gasteiger partial charge in [0.1, 0.15) is 5.60 Å². The molecule has 0 spiro atoms. The van der Waals surface area contributed by atoms with Crippen molar-refractivity contribution < 1.29 is 14.3 Å². The van der Waals surface area contributed by atoms with Gasteiger partial charge in [-0.1, -0.05) is 18.4 Å². The fourth-order valence-corrected chi connectivity index (χ4v) is 3.18. The third-order valence-corrected chi connectivity index (χ3v) is 4.64. The molecule has 24 heavy (non-hydrogen) atoms. The molecule has 0 atom stereocenters. The normalized spacial score (nSPS) is 20.2. The number of rotatable bonds is 2. The Morgan fingerprint density at radius 2 is 1.58 bits per heavy atom. The van der Waals surface area contributed by atoms with Crippen molar-refractivity contribution in [2.75, 3.05) is 26.2 Å². The topological polar surface area (TPSA) is 61.9 Å². The molecule has 6 heteroatoms. The number of piperazine rings is 1. The SMILES string of the molecule is C/C(=C\NC(=O)N1CCN(C(=O)OC(C)(C)C)CC1)C1CCCC1. The van der Waals surface area contributed by atoms with E-state index in [1.807, 2.05) is 27.0 Å². The van der Waals surface area contributed by atoms with E-state index in [-0.39, 0.29) is 12.1 Å².